The molecule has 0 aromatic rings. The maximum Gasteiger partial charge on any atom is 1.00 e. The van der Waals surface area contributed by atoms with E-state index < -0.39 is 5.97 Å². The maximum absolute atomic E-state index is 9.77. The van der Waals surface area contributed by atoms with Gasteiger partial charge in [-0.3, -0.25) is 4.79 Å². The van der Waals surface area contributed by atoms with Crippen LogP contribution in [0.1, 0.15) is 0 Å². The second-order valence-electron chi connectivity index (χ2n) is 1.58. The molecule has 12 heavy (non-hydrogen) atoms. The number of carboxylic acid groups (broad SMARTS) is 1. The molecule has 0 aromatic carbocycles. The quantitative estimate of drug-likeness (QED) is 0.201. The molecule has 0 aliphatic rings. The van der Waals surface area contributed by atoms with Gasteiger partial charge in [-0.1, -0.05) is 6.61 Å². The zero-order valence-electron chi connectivity index (χ0n) is 7.42. The van der Waals surface area contributed by atoms with E-state index in [-0.39, 0.29) is 42.7 Å². The topological polar surface area (TPSA) is 95.6 Å². The number of hydrogen-bond acceptors (Lipinski definition) is 4. The molecule has 0 rings (SSSR count). The monoisotopic (exact) mass is 186 g/mol. The first-order chi connectivity index (χ1) is 5.18. The van der Waals surface area contributed by atoms with Gasteiger partial charge in [-0.05, 0) is 0 Å². The molecule has 0 saturated heterocycles. The van der Waals surface area contributed by atoms with Crippen molar-refractivity contribution in [2.75, 3.05) is 26.2 Å². The average molecular weight is 186 g/mol. The SMILES string of the molecule is NCCNCC(=O)O.[CH2-]CO.[Na+]. The van der Waals surface area contributed by atoms with Crippen molar-refractivity contribution in [3.8, 4) is 0 Å². The number of rotatable bonds is 4. The molecule has 0 aliphatic carbocycles. The number of aliphatic carboxylic acids is 1. The molecule has 0 aliphatic heterocycles. The van der Waals surface area contributed by atoms with Crippen molar-refractivity contribution in [1.29, 1.82) is 0 Å². The molecular weight excluding hydrogens is 171 g/mol. The number of nitrogens with one attached hydrogen (secondary N) is 1. The van der Waals surface area contributed by atoms with Gasteiger partial charge in [0.2, 0.25) is 0 Å². The third-order valence-electron chi connectivity index (χ3n) is 0.597. The van der Waals surface area contributed by atoms with Crippen LogP contribution in [0.25, 0.3) is 0 Å². The Balaban J connectivity index is -0.000000177. The third kappa shape index (κ3) is 31.6. The molecular formula is C6H15N2NaO3. The number of aliphatic hydroxyl groups is 1. The summed E-state index contributed by atoms with van der Waals surface area (Å²) in [7, 11) is 0. The number of carboxylic acids is 1. The molecule has 5 N–H and O–H groups in total. The van der Waals surface area contributed by atoms with Crippen LogP contribution in [-0.4, -0.2) is 42.4 Å². The Kier molecular flexibility index (Phi) is 26.4. The van der Waals surface area contributed by atoms with E-state index in [0.717, 1.165) is 0 Å². The molecule has 0 heterocycles. The Morgan fingerprint density at radius 2 is 2.00 bits per heavy atom. The molecule has 0 bridgehead atoms. The van der Waals surface area contributed by atoms with Gasteiger partial charge < -0.3 is 28.2 Å². The number of carbonyl (C=O) groups is 1. The Labute approximate surface area is 94.6 Å². The van der Waals surface area contributed by atoms with Crippen molar-refractivity contribution in [2.45, 2.75) is 0 Å². The van der Waals surface area contributed by atoms with Crippen LogP contribution in [0.4, 0.5) is 0 Å². The minimum Gasteiger partial charge on any atom is -0.480 e. The summed E-state index contributed by atoms with van der Waals surface area (Å²) in [6.07, 6.45) is 0. The van der Waals surface area contributed by atoms with E-state index in [1.54, 1.807) is 0 Å². The molecule has 0 radical (unpaired) electrons. The van der Waals surface area contributed by atoms with Gasteiger partial charge in [0.15, 0.2) is 0 Å². The molecule has 0 spiro atoms. The number of nitrogens with two attached hydrogens (primary N) is 1. The van der Waals surface area contributed by atoms with E-state index >= 15 is 0 Å². The predicted octanol–water partition coefficient (Wildman–Crippen LogP) is -4.56. The van der Waals surface area contributed by atoms with Crippen molar-refractivity contribution in [2.24, 2.45) is 5.73 Å². The minimum absolute atomic E-state index is 0. The minimum atomic E-state index is -0.849. The van der Waals surface area contributed by atoms with Crippen molar-refractivity contribution >= 4 is 5.97 Å². The molecule has 0 aromatic heterocycles. The van der Waals surface area contributed by atoms with Gasteiger partial charge in [0.1, 0.15) is 0 Å². The van der Waals surface area contributed by atoms with Crippen LogP contribution in [0.15, 0.2) is 0 Å². The molecule has 6 heteroatoms. The van der Waals surface area contributed by atoms with Gasteiger partial charge in [-0.25, -0.2) is 0 Å². The van der Waals surface area contributed by atoms with E-state index in [1.807, 2.05) is 0 Å². The van der Waals surface area contributed by atoms with E-state index in [1.165, 1.54) is 0 Å². The fourth-order valence-electron chi connectivity index (χ4n) is 0.297. The zero-order chi connectivity index (χ0) is 9.11. The van der Waals surface area contributed by atoms with Crippen LogP contribution in [-0.2, 0) is 4.79 Å². The number of aliphatic hydroxyl groups excluding tert-OH is 1. The molecule has 0 saturated carbocycles. The van der Waals surface area contributed by atoms with Crippen molar-refractivity contribution < 1.29 is 44.6 Å². The largest absolute Gasteiger partial charge is 1.00 e. The predicted molar refractivity (Wildman–Crippen MR) is 42.0 cm³/mol. The summed E-state index contributed by atoms with van der Waals surface area (Å²) in [5, 5.41) is 18.1. The fourth-order valence-corrected chi connectivity index (χ4v) is 0.297. The summed E-state index contributed by atoms with van der Waals surface area (Å²) in [6.45, 7) is 4.08. The molecule has 0 unspecified atom stereocenters. The van der Waals surface area contributed by atoms with Crippen molar-refractivity contribution in [3.63, 3.8) is 0 Å². The summed E-state index contributed by atoms with van der Waals surface area (Å²) >= 11 is 0. The van der Waals surface area contributed by atoms with Gasteiger partial charge in [0.05, 0.1) is 6.54 Å². The van der Waals surface area contributed by atoms with E-state index in [4.69, 9.17) is 15.9 Å². The summed E-state index contributed by atoms with van der Waals surface area (Å²) in [5.74, 6) is -0.849. The Bertz CT molecular complexity index is 92.9. The Hall–Kier alpha value is 0.350. The first kappa shape index (κ1) is 18.2. The van der Waals surface area contributed by atoms with Crippen LogP contribution in [0.5, 0.6) is 0 Å². The Morgan fingerprint density at radius 3 is 2.25 bits per heavy atom. The summed E-state index contributed by atoms with van der Waals surface area (Å²) in [5.41, 5.74) is 5.06. The Morgan fingerprint density at radius 1 is 1.58 bits per heavy atom. The summed E-state index contributed by atoms with van der Waals surface area (Å²) < 4.78 is 0. The third-order valence-corrected chi connectivity index (χ3v) is 0.597. The summed E-state index contributed by atoms with van der Waals surface area (Å²) in [4.78, 5) is 9.77. The van der Waals surface area contributed by atoms with Gasteiger partial charge in [0, 0.05) is 13.1 Å². The van der Waals surface area contributed by atoms with Crippen LogP contribution < -0.4 is 40.6 Å². The number of hydrogen-bond donors (Lipinski definition) is 4. The van der Waals surface area contributed by atoms with Crippen molar-refractivity contribution in [1.82, 2.24) is 5.32 Å². The zero-order valence-corrected chi connectivity index (χ0v) is 9.42. The fraction of sp³-hybridized carbons (Fsp3) is 0.667. The second kappa shape index (κ2) is 17.4. The molecule has 0 fully saturated rings. The molecule has 0 atom stereocenters. The van der Waals surface area contributed by atoms with E-state index in [9.17, 15) is 4.79 Å². The van der Waals surface area contributed by atoms with Gasteiger partial charge in [-0.15, -0.1) is 0 Å². The van der Waals surface area contributed by atoms with Gasteiger partial charge >= 0.3 is 35.5 Å². The van der Waals surface area contributed by atoms with Crippen LogP contribution >= 0.6 is 0 Å². The maximum atomic E-state index is 9.77. The van der Waals surface area contributed by atoms with Crippen LogP contribution in [0.2, 0.25) is 0 Å². The normalized spacial score (nSPS) is 7.58. The van der Waals surface area contributed by atoms with Crippen LogP contribution in [0.3, 0.4) is 0 Å². The smallest absolute Gasteiger partial charge is 0.480 e. The average Bonchev–Trinajstić information content (AvgIpc) is 1.89. The molecule has 5 nitrogen and oxygen atoms in total. The first-order valence-corrected chi connectivity index (χ1v) is 3.21. The second-order valence-corrected chi connectivity index (χ2v) is 1.58. The summed E-state index contributed by atoms with van der Waals surface area (Å²) in [6, 6.07) is 0. The molecule has 68 valence electrons. The van der Waals surface area contributed by atoms with E-state index in [2.05, 4.69) is 12.2 Å². The first-order valence-electron chi connectivity index (χ1n) is 3.21. The molecule has 0 amide bonds. The van der Waals surface area contributed by atoms with Gasteiger partial charge in [0.25, 0.3) is 0 Å². The van der Waals surface area contributed by atoms with E-state index in [0.29, 0.717) is 13.1 Å². The van der Waals surface area contributed by atoms with Crippen LogP contribution in [0, 0.1) is 6.92 Å². The van der Waals surface area contributed by atoms with Crippen molar-refractivity contribution in [3.05, 3.63) is 6.92 Å². The van der Waals surface area contributed by atoms with Gasteiger partial charge in [-0.2, -0.15) is 0 Å². The standard InChI is InChI=1S/C4H10N2O2.C2H5O.Na/c5-1-2-6-3-4(7)8;1-2-3;/h6H,1-3,5H2,(H,7,8);3H,1-2H2;/q;-1;+1.